The highest BCUT2D eigenvalue weighted by molar-refractivity contribution is 5.95. The number of amides is 1. The second-order valence-electron chi connectivity index (χ2n) is 4.10. The molecule has 108 valence electrons. The molecule has 0 aromatic carbocycles. The third-order valence-corrected chi connectivity index (χ3v) is 2.55. The summed E-state index contributed by atoms with van der Waals surface area (Å²) in [7, 11) is 0. The fourth-order valence-electron chi connectivity index (χ4n) is 1.45. The third-order valence-electron chi connectivity index (χ3n) is 2.55. The number of hydrogen-bond donors (Lipinski definition) is 3. The number of unbranched alkanes of at least 4 members (excludes halogenated alkanes) is 1. The van der Waals surface area contributed by atoms with Crippen LogP contribution in [0.25, 0.3) is 0 Å². The molecule has 8 heteroatoms. The van der Waals surface area contributed by atoms with Gasteiger partial charge in [0, 0.05) is 0 Å². The zero-order valence-corrected chi connectivity index (χ0v) is 10.9. The maximum Gasteiger partial charge on any atom is 0.356 e. The summed E-state index contributed by atoms with van der Waals surface area (Å²) >= 11 is 0. The Balaban J connectivity index is 2.73. The van der Waals surface area contributed by atoms with Crippen LogP contribution in [0.3, 0.4) is 0 Å². The van der Waals surface area contributed by atoms with E-state index in [4.69, 9.17) is 10.2 Å². The SMILES string of the molecule is CCCCC(NC(=O)c1cnc(C(=O)O)cn1)C(=O)O. The molecule has 1 unspecified atom stereocenters. The van der Waals surface area contributed by atoms with E-state index >= 15 is 0 Å². The van der Waals surface area contributed by atoms with Gasteiger partial charge in [-0.3, -0.25) is 4.79 Å². The number of rotatable bonds is 7. The van der Waals surface area contributed by atoms with Crippen LogP contribution in [0.2, 0.25) is 0 Å². The number of nitrogens with zero attached hydrogens (tertiary/aromatic N) is 2. The highest BCUT2D eigenvalue weighted by atomic mass is 16.4. The number of aromatic carboxylic acids is 1. The molecule has 8 nitrogen and oxygen atoms in total. The maximum atomic E-state index is 11.8. The van der Waals surface area contributed by atoms with Crippen LogP contribution in [-0.2, 0) is 4.79 Å². The molecule has 0 bridgehead atoms. The van der Waals surface area contributed by atoms with Gasteiger partial charge in [0.25, 0.3) is 5.91 Å². The third kappa shape index (κ3) is 4.30. The quantitative estimate of drug-likeness (QED) is 0.665. The van der Waals surface area contributed by atoms with E-state index in [-0.39, 0.29) is 11.4 Å². The molecule has 0 fully saturated rings. The first kappa shape index (κ1) is 15.5. The molecule has 0 radical (unpaired) electrons. The lowest BCUT2D eigenvalue weighted by Crippen LogP contribution is -2.41. The Kier molecular flexibility index (Phi) is 5.57. The van der Waals surface area contributed by atoms with E-state index in [1.54, 1.807) is 0 Å². The summed E-state index contributed by atoms with van der Waals surface area (Å²) in [4.78, 5) is 40.5. The molecule has 1 aromatic rings. The van der Waals surface area contributed by atoms with Gasteiger partial charge in [0.15, 0.2) is 5.69 Å². The van der Waals surface area contributed by atoms with E-state index in [0.29, 0.717) is 12.8 Å². The number of carboxylic acid groups (broad SMARTS) is 2. The second-order valence-corrected chi connectivity index (χ2v) is 4.10. The Labute approximate surface area is 114 Å². The molecule has 3 N–H and O–H groups in total. The fraction of sp³-hybridized carbons (Fsp3) is 0.417. The van der Waals surface area contributed by atoms with Crippen LogP contribution in [0.4, 0.5) is 0 Å². The van der Waals surface area contributed by atoms with Gasteiger partial charge in [0.2, 0.25) is 0 Å². The molecule has 0 aliphatic rings. The first-order valence-corrected chi connectivity index (χ1v) is 6.04. The van der Waals surface area contributed by atoms with Crippen LogP contribution >= 0.6 is 0 Å². The molecule has 0 aliphatic carbocycles. The first-order valence-electron chi connectivity index (χ1n) is 6.04. The van der Waals surface area contributed by atoms with Crippen molar-refractivity contribution in [2.45, 2.75) is 32.2 Å². The number of carbonyl (C=O) groups is 3. The summed E-state index contributed by atoms with van der Waals surface area (Å²) in [6, 6.07) is -0.997. The van der Waals surface area contributed by atoms with E-state index in [1.807, 2.05) is 6.92 Å². The van der Waals surface area contributed by atoms with Crippen LogP contribution in [0.1, 0.15) is 47.2 Å². The number of carbonyl (C=O) groups excluding carboxylic acids is 1. The van der Waals surface area contributed by atoms with Crippen LogP contribution in [-0.4, -0.2) is 44.1 Å². The minimum Gasteiger partial charge on any atom is -0.480 e. The average Bonchev–Trinajstić information content (AvgIpc) is 2.42. The minimum absolute atomic E-state index is 0.127. The van der Waals surface area contributed by atoms with E-state index in [0.717, 1.165) is 18.8 Å². The van der Waals surface area contributed by atoms with Crippen LogP contribution in [0.5, 0.6) is 0 Å². The Morgan fingerprint density at radius 1 is 1.20 bits per heavy atom. The van der Waals surface area contributed by atoms with Gasteiger partial charge in [-0.15, -0.1) is 0 Å². The monoisotopic (exact) mass is 281 g/mol. The molecule has 1 rings (SSSR count). The Hall–Kier alpha value is -2.51. The fourth-order valence-corrected chi connectivity index (χ4v) is 1.45. The summed E-state index contributed by atoms with van der Waals surface area (Å²) in [6.07, 6.45) is 3.74. The van der Waals surface area contributed by atoms with E-state index in [2.05, 4.69) is 15.3 Å². The predicted molar refractivity (Wildman–Crippen MR) is 67.4 cm³/mol. The molecule has 0 spiro atoms. The highest BCUT2D eigenvalue weighted by Gasteiger charge is 2.21. The van der Waals surface area contributed by atoms with Gasteiger partial charge in [0.1, 0.15) is 11.7 Å². The molecule has 0 saturated carbocycles. The average molecular weight is 281 g/mol. The molecule has 1 aromatic heterocycles. The maximum absolute atomic E-state index is 11.8. The molecule has 1 amide bonds. The summed E-state index contributed by atoms with van der Waals surface area (Å²) < 4.78 is 0. The first-order chi connectivity index (χ1) is 9.45. The van der Waals surface area contributed by atoms with Crippen molar-refractivity contribution >= 4 is 17.8 Å². The number of nitrogens with one attached hydrogen (secondary N) is 1. The van der Waals surface area contributed by atoms with Gasteiger partial charge in [0.05, 0.1) is 12.4 Å². The lowest BCUT2D eigenvalue weighted by molar-refractivity contribution is -0.139. The van der Waals surface area contributed by atoms with Crippen molar-refractivity contribution in [1.29, 1.82) is 0 Å². The number of carboxylic acids is 2. The van der Waals surface area contributed by atoms with Gasteiger partial charge in [-0.1, -0.05) is 19.8 Å². The lowest BCUT2D eigenvalue weighted by Gasteiger charge is -2.13. The molecular weight excluding hydrogens is 266 g/mol. The molecule has 0 aliphatic heterocycles. The molecule has 1 heterocycles. The summed E-state index contributed by atoms with van der Waals surface area (Å²) in [5, 5.41) is 20.0. The smallest absolute Gasteiger partial charge is 0.356 e. The standard InChI is InChI=1S/C12H15N3O5/c1-2-3-4-7(11(17)18)15-10(16)8-5-14-9(6-13-8)12(19)20/h5-7H,2-4H2,1H3,(H,15,16)(H,17,18)(H,19,20). The predicted octanol–water partition coefficient (Wildman–Crippen LogP) is 0.548. The minimum atomic E-state index is -1.25. The number of hydrogen-bond acceptors (Lipinski definition) is 5. The van der Waals surface area contributed by atoms with Crippen molar-refractivity contribution in [2.24, 2.45) is 0 Å². The molecule has 1 atom stereocenters. The largest absolute Gasteiger partial charge is 0.480 e. The van der Waals surface area contributed by atoms with Crippen LogP contribution in [0.15, 0.2) is 12.4 Å². The topological polar surface area (TPSA) is 129 Å². The Bertz CT molecular complexity index is 500. The molecule has 20 heavy (non-hydrogen) atoms. The zero-order chi connectivity index (χ0) is 15.1. The molecule has 0 saturated heterocycles. The Morgan fingerprint density at radius 3 is 2.25 bits per heavy atom. The summed E-state index contributed by atoms with van der Waals surface area (Å²) in [6.45, 7) is 1.91. The van der Waals surface area contributed by atoms with Crippen molar-refractivity contribution in [3.63, 3.8) is 0 Å². The summed E-state index contributed by atoms with van der Waals surface area (Å²) in [5.74, 6) is -3.07. The van der Waals surface area contributed by atoms with Gasteiger partial charge >= 0.3 is 11.9 Å². The van der Waals surface area contributed by atoms with Crippen LogP contribution < -0.4 is 5.32 Å². The lowest BCUT2D eigenvalue weighted by atomic mass is 10.1. The number of aromatic nitrogens is 2. The zero-order valence-electron chi connectivity index (χ0n) is 10.9. The van der Waals surface area contributed by atoms with Crippen molar-refractivity contribution in [1.82, 2.24) is 15.3 Å². The summed E-state index contributed by atoms with van der Waals surface area (Å²) in [5.41, 5.74) is -0.417. The van der Waals surface area contributed by atoms with Crippen molar-refractivity contribution in [3.8, 4) is 0 Å². The van der Waals surface area contributed by atoms with Crippen molar-refractivity contribution in [2.75, 3.05) is 0 Å². The number of aliphatic carboxylic acids is 1. The van der Waals surface area contributed by atoms with Crippen molar-refractivity contribution < 1.29 is 24.6 Å². The van der Waals surface area contributed by atoms with Gasteiger partial charge < -0.3 is 15.5 Å². The van der Waals surface area contributed by atoms with Gasteiger partial charge in [-0.25, -0.2) is 19.6 Å². The van der Waals surface area contributed by atoms with Gasteiger partial charge in [-0.2, -0.15) is 0 Å². The highest BCUT2D eigenvalue weighted by Crippen LogP contribution is 2.03. The van der Waals surface area contributed by atoms with Crippen molar-refractivity contribution in [3.05, 3.63) is 23.8 Å². The van der Waals surface area contributed by atoms with Gasteiger partial charge in [-0.05, 0) is 6.42 Å². The normalized spacial score (nSPS) is 11.7. The van der Waals surface area contributed by atoms with E-state index in [9.17, 15) is 14.4 Å². The second kappa shape index (κ2) is 7.17. The molecular formula is C12H15N3O5. The van der Waals surface area contributed by atoms with E-state index < -0.39 is 23.9 Å². The Morgan fingerprint density at radius 2 is 1.80 bits per heavy atom. The van der Waals surface area contributed by atoms with Crippen LogP contribution in [0, 0.1) is 0 Å². The van der Waals surface area contributed by atoms with E-state index in [1.165, 1.54) is 0 Å².